The van der Waals surface area contributed by atoms with E-state index in [4.69, 9.17) is 11.6 Å². The van der Waals surface area contributed by atoms with Gasteiger partial charge in [0.25, 0.3) is 5.56 Å². The monoisotopic (exact) mass is 401 g/mol. The van der Waals surface area contributed by atoms with Crippen LogP contribution in [0.15, 0.2) is 35.4 Å². The van der Waals surface area contributed by atoms with Crippen molar-refractivity contribution in [2.24, 2.45) is 5.92 Å². The molecule has 0 saturated carbocycles. The molecule has 0 spiro atoms. The van der Waals surface area contributed by atoms with E-state index >= 15 is 0 Å². The predicted molar refractivity (Wildman–Crippen MR) is 110 cm³/mol. The third kappa shape index (κ3) is 3.39. The zero-order valence-corrected chi connectivity index (χ0v) is 16.7. The van der Waals surface area contributed by atoms with Crippen LogP contribution in [-0.4, -0.2) is 15.5 Å². The fourth-order valence-electron chi connectivity index (χ4n) is 3.53. The lowest BCUT2D eigenvalue weighted by molar-refractivity contribution is -0.118. The standard InChI is InChI=1S/C20H20ClN3O2S/c1-11-3-8-15-16(9-11)27-19-17(15)20(26)24(10-22-19)12(2)18(25)23-14-6-4-13(21)5-7-14/h4-7,10-12H,3,8-9H2,1-2H3,(H,23,25)/t11-,12+/m1/s1. The van der Waals surface area contributed by atoms with Crippen LogP contribution < -0.4 is 10.9 Å². The van der Waals surface area contributed by atoms with Crippen molar-refractivity contribution in [1.29, 1.82) is 0 Å². The van der Waals surface area contributed by atoms with Crippen LogP contribution >= 0.6 is 22.9 Å². The number of carbonyl (C=O) groups is 1. The maximum absolute atomic E-state index is 13.1. The maximum atomic E-state index is 13.1. The number of rotatable bonds is 3. The molecular weight excluding hydrogens is 382 g/mol. The number of amides is 1. The molecule has 0 fully saturated rings. The van der Waals surface area contributed by atoms with E-state index in [1.165, 1.54) is 15.8 Å². The Labute approximate surface area is 166 Å². The Kier molecular flexibility index (Phi) is 4.78. The van der Waals surface area contributed by atoms with Crippen LogP contribution in [0.4, 0.5) is 5.69 Å². The second kappa shape index (κ2) is 7.09. The van der Waals surface area contributed by atoms with Gasteiger partial charge in [-0.15, -0.1) is 11.3 Å². The maximum Gasteiger partial charge on any atom is 0.263 e. The first-order valence-electron chi connectivity index (χ1n) is 9.02. The smallest absolute Gasteiger partial charge is 0.263 e. The van der Waals surface area contributed by atoms with Crippen molar-refractivity contribution in [3.63, 3.8) is 0 Å². The topological polar surface area (TPSA) is 64.0 Å². The normalized spacial score (nSPS) is 17.5. The SMILES string of the molecule is C[C@@H]1CCc2c(sc3ncn([C@@H](C)C(=O)Nc4ccc(Cl)cc4)c(=O)c23)C1. The second-order valence-electron chi connectivity index (χ2n) is 7.16. The van der Waals surface area contributed by atoms with E-state index in [-0.39, 0.29) is 11.5 Å². The summed E-state index contributed by atoms with van der Waals surface area (Å²) < 4.78 is 1.43. The number of anilines is 1. The van der Waals surface area contributed by atoms with Gasteiger partial charge in [0.05, 0.1) is 11.7 Å². The average molecular weight is 402 g/mol. The van der Waals surface area contributed by atoms with Crippen LogP contribution in [0.25, 0.3) is 10.2 Å². The van der Waals surface area contributed by atoms with Gasteiger partial charge >= 0.3 is 0 Å². The number of benzene rings is 1. The molecule has 0 radical (unpaired) electrons. The van der Waals surface area contributed by atoms with Gasteiger partial charge in [0.15, 0.2) is 0 Å². The quantitative estimate of drug-likeness (QED) is 0.705. The first kappa shape index (κ1) is 18.2. The Morgan fingerprint density at radius 2 is 2.11 bits per heavy atom. The summed E-state index contributed by atoms with van der Waals surface area (Å²) >= 11 is 7.49. The number of aromatic nitrogens is 2. The summed E-state index contributed by atoms with van der Waals surface area (Å²) in [6.07, 6.45) is 4.48. The van der Waals surface area contributed by atoms with Gasteiger partial charge in [0.1, 0.15) is 10.9 Å². The molecule has 0 saturated heterocycles. The van der Waals surface area contributed by atoms with E-state index in [1.54, 1.807) is 42.5 Å². The summed E-state index contributed by atoms with van der Waals surface area (Å²) in [7, 11) is 0. The fourth-order valence-corrected chi connectivity index (χ4v) is 4.99. The van der Waals surface area contributed by atoms with Gasteiger partial charge in [-0.1, -0.05) is 18.5 Å². The highest BCUT2D eigenvalue weighted by atomic mass is 35.5. The lowest BCUT2D eigenvalue weighted by Crippen LogP contribution is -2.32. The first-order valence-corrected chi connectivity index (χ1v) is 10.2. The number of carbonyl (C=O) groups excluding carboxylic acids is 1. The molecule has 4 rings (SSSR count). The number of fused-ring (bicyclic) bond motifs is 3. The van der Waals surface area contributed by atoms with Crippen molar-refractivity contribution in [1.82, 2.24) is 9.55 Å². The summed E-state index contributed by atoms with van der Waals surface area (Å²) in [5.74, 6) is 0.371. The molecule has 1 amide bonds. The Hall–Kier alpha value is -2.18. The summed E-state index contributed by atoms with van der Waals surface area (Å²) in [6.45, 7) is 3.95. The minimum Gasteiger partial charge on any atom is -0.324 e. The number of aryl methyl sites for hydroxylation is 1. The molecule has 140 valence electrons. The van der Waals surface area contributed by atoms with E-state index in [0.29, 0.717) is 22.0 Å². The van der Waals surface area contributed by atoms with Crippen molar-refractivity contribution in [2.75, 3.05) is 5.32 Å². The molecule has 1 aliphatic carbocycles. The van der Waals surface area contributed by atoms with Gasteiger partial charge in [-0.25, -0.2) is 4.98 Å². The minimum atomic E-state index is -0.664. The largest absolute Gasteiger partial charge is 0.324 e. The predicted octanol–water partition coefficient (Wildman–Crippen LogP) is 4.44. The fraction of sp³-hybridized carbons (Fsp3) is 0.350. The van der Waals surface area contributed by atoms with E-state index < -0.39 is 6.04 Å². The molecule has 2 aromatic heterocycles. The minimum absolute atomic E-state index is 0.134. The van der Waals surface area contributed by atoms with Gasteiger partial charge in [0, 0.05) is 15.6 Å². The molecule has 7 heteroatoms. The summed E-state index contributed by atoms with van der Waals surface area (Å²) in [5.41, 5.74) is 1.64. The van der Waals surface area contributed by atoms with Gasteiger partial charge in [-0.3, -0.25) is 14.2 Å². The molecule has 27 heavy (non-hydrogen) atoms. The highest BCUT2D eigenvalue weighted by molar-refractivity contribution is 7.18. The summed E-state index contributed by atoms with van der Waals surface area (Å²) in [6, 6.07) is 6.21. The molecule has 1 aromatic carbocycles. The van der Waals surface area contributed by atoms with E-state index in [2.05, 4.69) is 17.2 Å². The van der Waals surface area contributed by atoms with Gasteiger partial charge in [0.2, 0.25) is 5.91 Å². The zero-order valence-electron chi connectivity index (χ0n) is 15.2. The number of halogens is 1. The molecule has 2 atom stereocenters. The number of nitrogens with one attached hydrogen (secondary N) is 1. The molecule has 0 unspecified atom stereocenters. The van der Waals surface area contributed by atoms with Crippen molar-refractivity contribution in [2.45, 2.75) is 39.2 Å². The van der Waals surface area contributed by atoms with Gasteiger partial charge < -0.3 is 5.32 Å². The highest BCUT2D eigenvalue weighted by Crippen LogP contribution is 2.35. The highest BCUT2D eigenvalue weighted by Gasteiger charge is 2.25. The second-order valence-corrected chi connectivity index (χ2v) is 8.68. The average Bonchev–Trinajstić information content (AvgIpc) is 3.01. The molecular formula is C20H20ClN3O2S. The van der Waals surface area contributed by atoms with Gasteiger partial charge in [-0.2, -0.15) is 0 Å². The molecule has 5 nitrogen and oxygen atoms in total. The molecule has 1 N–H and O–H groups in total. The number of hydrogen-bond donors (Lipinski definition) is 1. The lowest BCUT2D eigenvalue weighted by Gasteiger charge is -2.18. The number of hydrogen-bond acceptors (Lipinski definition) is 4. The van der Waals surface area contributed by atoms with E-state index in [0.717, 1.165) is 29.7 Å². The van der Waals surface area contributed by atoms with Crippen molar-refractivity contribution >= 4 is 44.7 Å². The lowest BCUT2D eigenvalue weighted by atomic mass is 9.89. The van der Waals surface area contributed by atoms with E-state index in [1.807, 2.05) is 0 Å². The molecule has 0 aliphatic heterocycles. The zero-order chi connectivity index (χ0) is 19.1. The van der Waals surface area contributed by atoms with Crippen LogP contribution in [0.2, 0.25) is 5.02 Å². The van der Waals surface area contributed by atoms with Crippen LogP contribution in [0, 0.1) is 5.92 Å². The Morgan fingerprint density at radius 3 is 2.85 bits per heavy atom. The third-order valence-electron chi connectivity index (χ3n) is 5.15. The first-order chi connectivity index (χ1) is 12.9. The van der Waals surface area contributed by atoms with Crippen molar-refractivity contribution in [3.05, 3.63) is 56.4 Å². The van der Waals surface area contributed by atoms with Crippen LogP contribution in [-0.2, 0) is 17.6 Å². The van der Waals surface area contributed by atoms with Crippen LogP contribution in [0.3, 0.4) is 0 Å². The Balaban J connectivity index is 1.66. The van der Waals surface area contributed by atoms with Gasteiger partial charge in [-0.05, 0) is 61.9 Å². The summed E-state index contributed by atoms with van der Waals surface area (Å²) in [4.78, 5) is 32.3. The Bertz CT molecular complexity index is 1070. The van der Waals surface area contributed by atoms with Crippen molar-refractivity contribution in [3.8, 4) is 0 Å². The Morgan fingerprint density at radius 1 is 1.37 bits per heavy atom. The van der Waals surface area contributed by atoms with Crippen molar-refractivity contribution < 1.29 is 4.79 Å². The molecule has 2 heterocycles. The molecule has 3 aromatic rings. The molecule has 1 aliphatic rings. The van der Waals surface area contributed by atoms with Crippen LogP contribution in [0.5, 0.6) is 0 Å². The molecule has 0 bridgehead atoms. The van der Waals surface area contributed by atoms with E-state index in [9.17, 15) is 9.59 Å². The third-order valence-corrected chi connectivity index (χ3v) is 6.56. The summed E-state index contributed by atoms with van der Waals surface area (Å²) in [5, 5.41) is 4.11. The number of nitrogens with zero attached hydrogens (tertiary/aromatic N) is 2. The van der Waals surface area contributed by atoms with Crippen LogP contribution in [0.1, 0.15) is 36.8 Å². The number of thiophene rings is 1.